The number of nitrogens with zero attached hydrogens (tertiary/aromatic N) is 2. The number of benzene rings is 1. The van der Waals surface area contributed by atoms with E-state index in [1.807, 2.05) is 43.4 Å². The smallest absolute Gasteiger partial charge is 0.243 e. The number of nitrogens with one attached hydrogen (secondary N) is 2. The first kappa shape index (κ1) is 12.5. The quantitative estimate of drug-likeness (QED) is 0.895. The fraction of sp³-hybridized carbons (Fsp3) is 0.200. The van der Waals surface area contributed by atoms with Crippen molar-refractivity contribution in [1.82, 2.24) is 4.98 Å². The van der Waals surface area contributed by atoms with Gasteiger partial charge < -0.3 is 15.5 Å². The molecule has 0 aliphatic carbocycles. The lowest BCUT2D eigenvalue weighted by atomic mass is 10.1. The van der Waals surface area contributed by atoms with E-state index < -0.39 is 0 Å². The molecule has 0 saturated carbocycles. The Bertz CT molecular complexity index is 641. The molecule has 1 aliphatic heterocycles. The van der Waals surface area contributed by atoms with E-state index in [-0.39, 0.29) is 5.91 Å². The standard InChI is InChI=1S/C15H16N4O/c1-16-14-8-11(6-7-17-14)9-19-10-15(20)18-12-4-2-3-5-13(12)19/h2-8H,9-10H2,1H3,(H,16,17)(H,18,20). The molecule has 0 radical (unpaired) electrons. The van der Waals surface area contributed by atoms with Gasteiger partial charge in [-0.25, -0.2) is 4.98 Å². The van der Waals surface area contributed by atoms with Crippen molar-refractivity contribution in [3.63, 3.8) is 0 Å². The van der Waals surface area contributed by atoms with Crippen LogP contribution in [0.25, 0.3) is 0 Å². The molecule has 0 atom stereocenters. The molecule has 1 aromatic carbocycles. The van der Waals surface area contributed by atoms with Gasteiger partial charge in [-0.15, -0.1) is 0 Å². The topological polar surface area (TPSA) is 57.3 Å². The minimum absolute atomic E-state index is 0.0200. The number of amides is 1. The zero-order chi connectivity index (χ0) is 13.9. The number of carbonyl (C=O) groups excluding carboxylic acids is 1. The Morgan fingerprint density at radius 1 is 1.35 bits per heavy atom. The summed E-state index contributed by atoms with van der Waals surface area (Å²) in [5, 5.41) is 5.92. The Balaban J connectivity index is 1.88. The first-order chi connectivity index (χ1) is 9.76. The van der Waals surface area contributed by atoms with Crippen molar-refractivity contribution in [1.29, 1.82) is 0 Å². The monoisotopic (exact) mass is 268 g/mol. The minimum Gasteiger partial charge on any atom is -0.373 e. The molecule has 0 fully saturated rings. The number of fused-ring (bicyclic) bond motifs is 1. The van der Waals surface area contributed by atoms with Crippen molar-refractivity contribution in [3.8, 4) is 0 Å². The molecule has 0 saturated heterocycles. The van der Waals surface area contributed by atoms with Crippen LogP contribution in [0.15, 0.2) is 42.6 Å². The van der Waals surface area contributed by atoms with Crippen LogP contribution in [0.1, 0.15) is 5.56 Å². The molecule has 102 valence electrons. The van der Waals surface area contributed by atoms with Gasteiger partial charge in [0.1, 0.15) is 5.82 Å². The van der Waals surface area contributed by atoms with Crippen LogP contribution in [-0.2, 0) is 11.3 Å². The van der Waals surface area contributed by atoms with Gasteiger partial charge in [0.2, 0.25) is 5.91 Å². The normalized spacial score (nSPS) is 13.7. The Morgan fingerprint density at radius 3 is 3.05 bits per heavy atom. The highest BCUT2D eigenvalue weighted by Crippen LogP contribution is 2.30. The van der Waals surface area contributed by atoms with E-state index in [0.717, 1.165) is 22.8 Å². The molecule has 0 unspecified atom stereocenters. The number of pyridine rings is 1. The van der Waals surface area contributed by atoms with Gasteiger partial charge in [-0.2, -0.15) is 0 Å². The molecule has 2 heterocycles. The number of aromatic nitrogens is 1. The first-order valence-electron chi connectivity index (χ1n) is 6.53. The van der Waals surface area contributed by atoms with Gasteiger partial charge in [-0.05, 0) is 29.8 Å². The van der Waals surface area contributed by atoms with E-state index in [0.29, 0.717) is 13.1 Å². The summed E-state index contributed by atoms with van der Waals surface area (Å²) in [4.78, 5) is 18.0. The maximum atomic E-state index is 11.8. The number of anilines is 3. The molecule has 5 nitrogen and oxygen atoms in total. The average molecular weight is 268 g/mol. The SMILES string of the molecule is CNc1cc(CN2CC(=O)Nc3ccccc32)ccn1. The van der Waals surface area contributed by atoms with Crippen LogP contribution < -0.4 is 15.5 Å². The zero-order valence-corrected chi connectivity index (χ0v) is 11.3. The van der Waals surface area contributed by atoms with Crippen molar-refractivity contribution in [2.24, 2.45) is 0 Å². The van der Waals surface area contributed by atoms with Gasteiger partial charge in [0, 0.05) is 19.8 Å². The van der Waals surface area contributed by atoms with Crippen molar-refractivity contribution < 1.29 is 4.79 Å². The number of para-hydroxylation sites is 2. The summed E-state index contributed by atoms with van der Waals surface area (Å²) >= 11 is 0. The molecular formula is C15H16N4O. The van der Waals surface area contributed by atoms with Crippen LogP contribution in [0.3, 0.4) is 0 Å². The number of rotatable bonds is 3. The first-order valence-corrected chi connectivity index (χ1v) is 6.53. The van der Waals surface area contributed by atoms with E-state index in [9.17, 15) is 4.79 Å². The second-order valence-corrected chi connectivity index (χ2v) is 4.72. The van der Waals surface area contributed by atoms with E-state index in [4.69, 9.17) is 0 Å². The van der Waals surface area contributed by atoms with Crippen LogP contribution in [0.5, 0.6) is 0 Å². The Kier molecular flexibility index (Phi) is 3.25. The molecule has 2 N–H and O–H groups in total. The molecule has 5 heteroatoms. The van der Waals surface area contributed by atoms with Crippen LogP contribution in [-0.4, -0.2) is 24.5 Å². The van der Waals surface area contributed by atoms with E-state index >= 15 is 0 Å². The van der Waals surface area contributed by atoms with Crippen LogP contribution in [0.2, 0.25) is 0 Å². The van der Waals surface area contributed by atoms with Gasteiger partial charge in [-0.3, -0.25) is 4.79 Å². The van der Waals surface area contributed by atoms with Gasteiger partial charge in [0.05, 0.1) is 17.9 Å². The summed E-state index contributed by atoms with van der Waals surface area (Å²) in [5.41, 5.74) is 3.04. The molecule has 0 bridgehead atoms. The van der Waals surface area contributed by atoms with Gasteiger partial charge in [-0.1, -0.05) is 12.1 Å². The lowest BCUT2D eigenvalue weighted by Crippen LogP contribution is -2.37. The third-order valence-corrected chi connectivity index (χ3v) is 3.31. The van der Waals surface area contributed by atoms with Crippen LogP contribution >= 0.6 is 0 Å². The minimum atomic E-state index is 0.0200. The molecule has 2 aromatic rings. The van der Waals surface area contributed by atoms with E-state index in [1.54, 1.807) is 6.20 Å². The van der Waals surface area contributed by atoms with Crippen LogP contribution in [0.4, 0.5) is 17.2 Å². The summed E-state index contributed by atoms with van der Waals surface area (Å²) < 4.78 is 0. The maximum Gasteiger partial charge on any atom is 0.243 e. The zero-order valence-electron chi connectivity index (χ0n) is 11.3. The summed E-state index contributed by atoms with van der Waals surface area (Å²) in [6.45, 7) is 1.05. The number of carbonyl (C=O) groups is 1. The lowest BCUT2D eigenvalue weighted by Gasteiger charge is -2.30. The van der Waals surface area contributed by atoms with Crippen molar-refractivity contribution in [3.05, 3.63) is 48.2 Å². The average Bonchev–Trinajstić information content (AvgIpc) is 2.47. The van der Waals surface area contributed by atoms with Gasteiger partial charge in [0.15, 0.2) is 0 Å². The van der Waals surface area contributed by atoms with Gasteiger partial charge >= 0.3 is 0 Å². The number of hydrogen-bond acceptors (Lipinski definition) is 4. The molecular weight excluding hydrogens is 252 g/mol. The highest BCUT2D eigenvalue weighted by molar-refractivity contribution is 6.01. The highest BCUT2D eigenvalue weighted by Gasteiger charge is 2.21. The highest BCUT2D eigenvalue weighted by atomic mass is 16.2. The van der Waals surface area contributed by atoms with Crippen molar-refractivity contribution in [2.75, 3.05) is 29.1 Å². The van der Waals surface area contributed by atoms with Crippen molar-refractivity contribution >= 4 is 23.1 Å². The summed E-state index contributed by atoms with van der Waals surface area (Å²) in [7, 11) is 1.84. The Morgan fingerprint density at radius 2 is 2.20 bits per heavy atom. The Labute approximate surface area is 117 Å². The molecule has 3 rings (SSSR count). The summed E-state index contributed by atoms with van der Waals surface area (Å²) in [5.74, 6) is 0.851. The van der Waals surface area contributed by atoms with Gasteiger partial charge in [0.25, 0.3) is 0 Å². The largest absolute Gasteiger partial charge is 0.373 e. The molecule has 1 amide bonds. The van der Waals surface area contributed by atoms with Crippen LogP contribution in [0, 0.1) is 0 Å². The third kappa shape index (κ3) is 2.42. The fourth-order valence-corrected chi connectivity index (χ4v) is 2.37. The third-order valence-electron chi connectivity index (χ3n) is 3.31. The lowest BCUT2D eigenvalue weighted by molar-refractivity contribution is -0.115. The summed E-state index contributed by atoms with van der Waals surface area (Å²) in [6, 6.07) is 11.8. The predicted molar refractivity (Wildman–Crippen MR) is 79.9 cm³/mol. The fourth-order valence-electron chi connectivity index (χ4n) is 2.37. The predicted octanol–water partition coefficient (Wildman–Crippen LogP) is 2.08. The Hall–Kier alpha value is -2.56. The molecule has 1 aromatic heterocycles. The number of hydrogen-bond donors (Lipinski definition) is 2. The second-order valence-electron chi connectivity index (χ2n) is 4.72. The van der Waals surface area contributed by atoms with Crippen molar-refractivity contribution in [2.45, 2.75) is 6.54 Å². The van der Waals surface area contributed by atoms with E-state index in [2.05, 4.69) is 20.5 Å². The molecule has 20 heavy (non-hydrogen) atoms. The summed E-state index contributed by atoms with van der Waals surface area (Å²) in [6.07, 6.45) is 1.77. The van der Waals surface area contributed by atoms with E-state index in [1.165, 1.54) is 0 Å². The second kappa shape index (κ2) is 5.21. The maximum absolute atomic E-state index is 11.8. The molecule has 0 spiro atoms. The molecule has 1 aliphatic rings.